The van der Waals surface area contributed by atoms with Gasteiger partial charge in [0, 0.05) is 36.1 Å². The number of hydrogen-bond acceptors (Lipinski definition) is 4. The van der Waals surface area contributed by atoms with E-state index < -0.39 is 0 Å². The zero-order valence-corrected chi connectivity index (χ0v) is 13.6. The maximum atomic E-state index is 11.8. The molecule has 0 aromatic heterocycles. The van der Waals surface area contributed by atoms with E-state index in [9.17, 15) is 9.59 Å². The lowest BCUT2D eigenvalue weighted by atomic mass is 9.74. The first-order valence-electron chi connectivity index (χ1n) is 8.74. The fourth-order valence-corrected chi connectivity index (χ4v) is 3.93. The Balaban J connectivity index is 1.15. The van der Waals surface area contributed by atoms with Gasteiger partial charge in [0.15, 0.2) is 0 Å². The smallest absolute Gasteiger partial charge is 0.240 e. The molecule has 2 amide bonds. The molecule has 0 aliphatic heterocycles. The fourth-order valence-electron chi connectivity index (χ4n) is 3.93. The van der Waals surface area contributed by atoms with Gasteiger partial charge >= 0.3 is 0 Å². The van der Waals surface area contributed by atoms with Gasteiger partial charge in [0.05, 0.1) is 0 Å². The highest BCUT2D eigenvalue weighted by molar-refractivity contribution is 5.96. The summed E-state index contributed by atoms with van der Waals surface area (Å²) >= 11 is 0. The summed E-state index contributed by atoms with van der Waals surface area (Å²) in [5, 5.41) is 8.36. The summed E-state index contributed by atoms with van der Waals surface area (Å²) in [6.07, 6.45) is 13.1. The second-order valence-corrected chi connectivity index (χ2v) is 7.08. The molecule has 0 saturated heterocycles. The first-order chi connectivity index (χ1) is 11.7. The number of nitrogens with zero attached hydrogens (tertiary/aromatic N) is 2. The van der Waals surface area contributed by atoms with Gasteiger partial charge in [-0.2, -0.15) is 10.2 Å². The third-order valence-corrected chi connectivity index (χ3v) is 5.52. The molecule has 0 aromatic carbocycles. The first kappa shape index (κ1) is 15.3. The average Bonchev–Trinajstić information content (AvgIpc) is 3.09. The Labute approximate surface area is 141 Å². The highest BCUT2D eigenvalue weighted by Gasteiger charge is 2.38. The summed E-state index contributed by atoms with van der Waals surface area (Å²) < 4.78 is 0. The van der Waals surface area contributed by atoms with Crippen LogP contribution in [-0.2, 0) is 9.59 Å². The number of carbonyl (C=O) groups excluding carboxylic acids is 2. The zero-order chi connectivity index (χ0) is 16.5. The lowest BCUT2D eigenvalue weighted by Crippen LogP contribution is -2.36. The molecule has 6 heteroatoms. The van der Waals surface area contributed by atoms with Crippen molar-refractivity contribution in [2.24, 2.45) is 33.9 Å². The summed E-state index contributed by atoms with van der Waals surface area (Å²) in [5.41, 5.74) is 7.21. The van der Waals surface area contributed by atoms with Gasteiger partial charge in [-0.3, -0.25) is 9.59 Å². The van der Waals surface area contributed by atoms with Crippen LogP contribution in [0.4, 0.5) is 0 Å². The van der Waals surface area contributed by atoms with Crippen molar-refractivity contribution < 1.29 is 9.59 Å². The van der Waals surface area contributed by atoms with Crippen LogP contribution in [0.25, 0.3) is 0 Å². The summed E-state index contributed by atoms with van der Waals surface area (Å²) in [7, 11) is 0. The molecular weight excluding hydrogens is 304 g/mol. The Morgan fingerprint density at radius 3 is 1.75 bits per heavy atom. The number of amides is 2. The van der Waals surface area contributed by atoms with Crippen LogP contribution < -0.4 is 10.9 Å². The fraction of sp³-hybridized carbons (Fsp3) is 0.556. The van der Waals surface area contributed by atoms with Gasteiger partial charge < -0.3 is 0 Å². The van der Waals surface area contributed by atoms with Gasteiger partial charge in [0.1, 0.15) is 0 Å². The SMILES string of the molecule is O=C(CCC(=O)N/N=C1/C[C@H]2CC=C[C@H]12)N/N=C1/C[C@H]2CC=C[C@H]12. The molecule has 6 nitrogen and oxygen atoms in total. The summed E-state index contributed by atoms with van der Waals surface area (Å²) in [4.78, 5) is 23.6. The van der Waals surface area contributed by atoms with Crippen molar-refractivity contribution in [1.29, 1.82) is 0 Å². The van der Waals surface area contributed by atoms with Crippen molar-refractivity contribution in [2.45, 2.75) is 38.5 Å². The molecule has 4 rings (SSSR count). The van der Waals surface area contributed by atoms with E-state index in [1.54, 1.807) is 0 Å². The molecule has 2 fully saturated rings. The molecule has 0 bridgehead atoms. The van der Waals surface area contributed by atoms with Crippen molar-refractivity contribution >= 4 is 23.2 Å². The zero-order valence-electron chi connectivity index (χ0n) is 13.6. The normalized spacial score (nSPS) is 35.3. The standard InChI is InChI=1S/C18H22N4O2/c23-17(21-19-15-9-11-3-1-5-13(11)15)7-8-18(24)22-20-16-10-12-4-2-6-14(12)16/h1-2,5-6,11-14H,3-4,7-10H2,(H,21,23)(H,22,24)/b19-15-,20-16-/t11-,12-,13+,14+/m1/s1. The quantitative estimate of drug-likeness (QED) is 0.597. The third kappa shape index (κ3) is 2.92. The molecule has 0 spiro atoms. The number of carbonyl (C=O) groups is 2. The molecule has 2 N–H and O–H groups in total. The lowest BCUT2D eigenvalue weighted by Gasteiger charge is -2.31. The van der Waals surface area contributed by atoms with Crippen LogP contribution in [0.3, 0.4) is 0 Å². The minimum absolute atomic E-state index is 0.128. The van der Waals surface area contributed by atoms with Gasteiger partial charge in [0.25, 0.3) is 0 Å². The van der Waals surface area contributed by atoms with E-state index in [4.69, 9.17) is 0 Å². The monoisotopic (exact) mass is 326 g/mol. The largest absolute Gasteiger partial charge is 0.273 e. The van der Waals surface area contributed by atoms with E-state index >= 15 is 0 Å². The summed E-state index contributed by atoms with van der Waals surface area (Å²) in [5.74, 6) is 1.76. The van der Waals surface area contributed by atoms with Crippen molar-refractivity contribution in [3.63, 3.8) is 0 Å². The van der Waals surface area contributed by atoms with Crippen molar-refractivity contribution in [1.82, 2.24) is 10.9 Å². The predicted molar refractivity (Wildman–Crippen MR) is 91.1 cm³/mol. The Kier molecular flexibility index (Phi) is 4.04. The number of nitrogens with one attached hydrogen (secondary N) is 2. The topological polar surface area (TPSA) is 82.9 Å². The number of fused-ring (bicyclic) bond motifs is 2. The van der Waals surface area contributed by atoms with E-state index in [0.717, 1.165) is 37.1 Å². The van der Waals surface area contributed by atoms with Crippen molar-refractivity contribution in [3.8, 4) is 0 Å². The van der Waals surface area contributed by atoms with E-state index in [1.165, 1.54) is 0 Å². The average molecular weight is 326 g/mol. The predicted octanol–water partition coefficient (Wildman–Crippen LogP) is 1.90. The van der Waals surface area contributed by atoms with E-state index in [1.807, 2.05) is 0 Å². The van der Waals surface area contributed by atoms with Crippen LogP contribution in [0.5, 0.6) is 0 Å². The summed E-state index contributed by atoms with van der Waals surface area (Å²) in [6, 6.07) is 0. The Morgan fingerprint density at radius 2 is 1.33 bits per heavy atom. The maximum absolute atomic E-state index is 11.8. The second-order valence-electron chi connectivity index (χ2n) is 7.08. The number of rotatable bonds is 5. The van der Waals surface area contributed by atoms with Gasteiger partial charge in [-0.25, -0.2) is 10.9 Å². The highest BCUT2D eigenvalue weighted by atomic mass is 16.2. The molecule has 4 aliphatic rings. The minimum atomic E-state index is -0.224. The van der Waals surface area contributed by atoms with Gasteiger partial charge in [-0.05, 0) is 37.5 Å². The van der Waals surface area contributed by atoms with E-state index in [0.29, 0.717) is 23.7 Å². The van der Waals surface area contributed by atoms with Gasteiger partial charge in [-0.1, -0.05) is 24.3 Å². The summed E-state index contributed by atoms with van der Waals surface area (Å²) in [6.45, 7) is 0. The molecule has 4 aliphatic carbocycles. The molecule has 24 heavy (non-hydrogen) atoms. The molecule has 126 valence electrons. The second kappa shape index (κ2) is 6.34. The van der Waals surface area contributed by atoms with Gasteiger partial charge in [0.2, 0.25) is 11.8 Å². The van der Waals surface area contributed by atoms with E-state index in [-0.39, 0.29) is 24.7 Å². The van der Waals surface area contributed by atoms with Crippen LogP contribution in [0.15, 0.2) is 34.5 Å². The highest BCUT2D eigenvalue weighted by Crippen LogP contribution is 2.40. The molecule has 0 radical (unpaired) electrons. The molecule has 0 heterocycles. The Bertz CT molecular complexity index is 619. The van der Waals surface area contributed by atoms with Crippen LogP contribution >= 0.6 is 0 Å². The molecule has 0 unspecified atom stereocenters. The first-order valence-corrected chi connectivity index (χ1v) is 8.74. The van der Waals surface area contributed by atoms with Crippen molar-refractivity contribution in [2.75, 3.05) is 0 Å². The Hall–Kier alpha value is -2.24. The van der Waals surface area contributed by atoms with Crippen LogP contribution in [0.1, 0.15) is 38.5 Å². The minimum Gasteiger partial charge on any atom is -0.273 e. The number of allylic oxidation sites excluding steroid dienone is 4. The molecule has 4 atom stereocenters. The van der Waals surface area contributed by atoms with Crippen molar-refractivity contribution in [3.05, 3.63) is 24.3 Å². The third-order valence-electron chi connectivity index (χ3n) is 5.52. The van der Waals surface area contributed by atoms with Crippen LogP contribution in [0, 0.1) is 23.7 Å². The Morgan fingerprint density at radius 1 is 0.875 bits per heavy atom. The van der Waals surface area contributed by atoms with Crippen LogP contribution in [-0.4, -0.2) is 23.2 Å². The lowest BCUT2D eigenvalue weighted by molar-refractivity contribution is -0.126. The van der Waals surface area contributed by atoms with Crippen LogP contribution in [0.2, 0.25) is 0 Å². The number of hydrogen-bond donors (Lipinski definition) is 2. The maximum Gasteiger partial charge on any atom is 0.240 e. The van der Waals surface area contributed by atoms with Gasteiger partial charge in [-0.15, -0.1) is 0 Å². The molecular formula is C18H22N4O2. The number of hydrazone groups is 2. The molecule has 0 aromatic rings. The molecule has 2 saturated carbocycles. The van der Waals surface area contributed by atoms with E-state index in [2.05, 4.69) is 45.4 Å².